The van der Waals surface area contributed by atoms with Crippen LogP contribution >= 0.6 is 27.5 Å². The fourth-order valence-corrected chi connectivity index (χ4v) is 5.38. The van der Waals surface area contributed by atoms with Gasteiger partial charge in [-0.05, 0) is 107 Å². The van der Waals surface area contributed by atoms with Crippen molar-refractivity contribution < 1.29 is 4.79 Å². The Morgan fingerprint density at radius 2 is 2.00 bits per heavy atom. The van der Waals surface area contributed by atoms with Crippen LogP contribution in [-0.4, -0.2) is 55.1 Å². The number of hydrogen-bond acceptors (Lipinski definition) is 2. The molecule has 2 aliphatic heterocycles. The first-order valence-corrected chi connectivity index (χ1v) is 12.4. The minimum atomic E-state index is 0.116. The Hall–Kier alpha value is -0.780. The van der Waals surface area contributed by atoms with E-state index in [1.54, 1.807) is 0 Å². The second-order valence-electron chi connectivity index (χ2n) is 8.66. The summed E-state index contributed by atoms with van der Waals surface area (Å²) in [5, 5.41) is 3.77. The highest BCUT2D eigenvalue weighted by atomic mass is 79.9. The molecule has 0 saturated carbocycles. The molecule has 2 amide bonds. The largest absolute Gasteiger partial charge is 0.338 e. The number of urea groups is 1. The van der Waals surface area contributed by atoms with Crippen molar-refractivity contribution in [1.29, 1.82) is 0 Å². The lowest BCUT2D eigenvalue weighted by Crippen LogP contribution is -2.45. The molecule has 0 aliphatic carbocycles. The molecule has 4 nitrogen and oxygen atoms in total. The summed E-state index contributed by atoms with van der Waals surface area (Å²) in [6.07, 6.45) is 8.57. The molecular formula is C23H35BrClN3O. The summed E-state index contributed by atoms with van der Waals surface area (Å²) < 4.78 is 1.18. The van der Waals surface area contributed by atoms with Crippen molar-refractivity contribution in [3.63, 3.8) is 0 Å². The summed E-state index contributed by atoms with van der Waals surface area (Å²) in [7, 11) is 0. The molecule has 1 aromatic rings. The highest BCUT2D eigenvalue weighted by Crippen LogP contribution is 2.28. The third-order valence-corrected chi connectivity index (χ3v) is 7.45. The molecule has 3 rings (SSSR count). The van der Waals surface area contributed by atoms with Crippen molar-refractivity contribution in [3.8, 4) is 0 Å². The van der Waals surface area contributed by atoms with E-state index in [-0.39, 0.29) is 6.03 Å². The molecule has 29 heavy (non-hydrogen) atoms. The number of likely N-dealkylation sites (tertiary alicyclic amines) is 2. The van der Waals surface area contributed by atoms with Gasteiger partial charge in [0, 0.05) is 29.1 Å². The zero-order chi connectivity index (χ0) is 20.6. The summed E-state index contributed by atoms with van der Waals surface area (Å²) >= 11 is 9.83. The summed E-state index contributed by atoms with van der Waals surface area (Å²) in [5.74, 6) is 1.43. The molecule has 0 radical (unpaired) electrons. The number of rotatable bonds is 7. The predicted molar refractivity (Wildman–Crippen MR) is 125 cm³/mol. The van der Waals surface area contributed by atoms with E-state index in [0.29, 0.717) is 12.5 Å². The standard InChI is InChI=1S/C23H35BrClN3O/c1-2-26-23(29)28-12-4-6-19(17-28)5-3-11-27-13-9-18(10-14-27)15-20-16-21(25)7-8-22(20)24/h7-8,16,18-19H,2-6,9-15,17H2,1H3,(H,26,29). The van der Waals surface area contributed by atoms with Gasteiger partial charge in [0.15, 0.2) is 0 Å². The minimum absolute atomic E-state index is 0.116. The Bertz CT molecular complexity index is 664. The van der Waals surface area contributed by atoms with Gasteiger partial charge in [-0.2, -0.15) is 0 Å². The van der Waals surface area contributed by atoms with Crippen LogP contribution in [0.5, 0.6) is 0 Å². The molecule has 1 unspecified atom stereocenters. The van der Waals surface area contributed by atoms with E-state index >= 15 is 0 Å². The molecule has 1 atom stereocenters. The first kappa shape index (κ1) is 22.9. The Kier molecular flexibility index (Phi) is 9.13. The zero-order valence-corrected chi connectivity index (χ0v) is 20.0. The summed E-state index contributed by atoms with van der Waals surface area (Å²) in [5.41, 5.74) is 1.34. The number of carbonyl (C=O) groups excluding carboxylic acids is 1. The van der Waals surface area contributed by atoms with Crippen LogP contribution in [0.25, 0.3) is 0 Å². The van der Waals surface area contributed by atoms with Crippen molar-refractivity contribution in [2.75, 3.05) is 39.3 Å². The van der Waals surface area contributed by atoms with Gasteiger partial charge in [0.05, 0.1) is 0 Å². The maximum atomic E-state index is 12.1. The molecule has 0 spiro atoms. The predicted octanol–water partition coefficient (Wildman–Crippen LogP) is 5.58. The number of piperidine rings is 2. The smallest absolute Gasteiger partial charge is 0.317 e. The monoisotopic (exact) mass is 483 g/mol. The van der Waals surface area contributed by atoms with Crippen molar-refractivity contribution >= 4 is 33.6 Å². The Morgan fingerprint density at radius 3 is 2.76 bits per heavy atom. The summed E-state index contributed by atoms with van der Waals surface area (Å²) in [4.78, 5) is 16.7. The number of hydrogen-bond donors (Lipinski definition) is 1. The Balaban J connectivity index is 1.34. The van der Waals surface area contributed by atoms with Gasteiger partial charge in [-0.3, -0.25) is 0 Å². The topological polar surface area (TPSA) is 35.6 Å². The van der Waals surface area contributed by atoms with E-state index in [9.17, 15) is 4.79 Å². The van der Waals surface area contributed by atoms with Crippen LogP contribution < -0.4 is 5.32 Å². The van der Waals surface area contributed by atoms with Gasteiger partial charge in [0.25, 0.3) is 0 Å². The second-order valence-corrected chi connectivity index (χ2v) is 9.95. The van der Waals surface area contributed by atoms with E-state index in [1.165, 1.54) is 61.8 Å². The number of nitrogens with one attached hydrogen (secondary N) is 1. The molecular weight excluding hydrogens is 450 g/mol. The van der Waals surface area contributed by atoms with Crippen molar-refractivity contribution in [2.45, 2.75) is 51.9 Å². The van der Waals surface area contributed by atoms with Gasteiger partial charge in [0.1, 0.15) is 0 Å². The second kappa shape index (κ2) is 11.6. The van der Waals surface area contributed by atoms with E-state index in [0.717, 1.165) is 36.9 Å². The molecule has 6 heteroatoms. The van der Waals surface area contributed by atoms with E-state index in [2.05, 4.69) is 38.3 Å². The molecule has 1 aromatic carbocycles. The number of amides is 2. The Morgan fingerprint density at radius 1 is 1.21 bits per heavy atom. The first-order valence-electron chi connectivity index (χ1n) is 11.2. The van der Waals surface area contributed by atoms with Crippen LogP contribution in [0.2, 0.25) is 5.02 Å². The maximum Gasteiger partial charge on any atom is 0.317 e. The molecule has 2 fully saturated rings. The molecule has 1 N–H and O–H groups in total. The lowest BCUT2D eigenvalue weighted by Gasteiger charge is -2.34. The zero-order valence-electron chi connectivity index (χ0n) is 17.6. The highest BCUT2D eigenvalue weighted by molar-refractivity contribution is 9.10. The molecule has 2 saturated heterocycles. The van der Waals surface area contributed by atoms with Crippen LogP contribution in [0.3, 0.4) is 0 Å². The molecule has 2 heterocycles. The fraction of sp³-hybridized carbons (Fsp3) is 0.696. The van der Waals surface area contributed by atoms with Crippen LogP contribution in [0.15, 0.2) is 22.7 Å². The van der Waals surface area contributed by atoms with Crippen molar-refractivity contribution in [2.24, 2.45) is 11.8 Å². The summed E-state index contributed by atoms with van der Waals surface area (Å²) in [6, 6.07) is 6.22. The molecule has 0 bridgehead atoms. The van der Waals surface area contributed by atoms with Gasteiger partial charge in [-0.15, -0.1) is 0 Å². The molecule has 2 aliphatic rings. The highest BCUT2D eigenvalue weighted by Gasteiger charge is 2.24. The van der Waals surface area contributed by atoms with Gasteiger partial charge in [0.2, 0.25) is 0 Å². The average Bonchev–Trinajstić information content (AvgIpc) is 2.72. The van der Waals surface area contributed by atoms with Crippen molar-refractivity contribution in [1.82, 2.24) is 15.1 Å². The van der Waals surface area contributed by atoms with E-state index < -0.39 is 0 Å². The molecule has 162 valence electrons. The minimum Gasteiger partial charge on any atom is -0.338 e. The normalized spacial score (nSPS) is 21.3. The van der Waals surface area contributed by atoms with Crippen LogP contribution in [0.4, 0.5) is 4.79 Å². The number of halogens is 2. The van der Waals surface area contributed by atoms with Gasteiger partial charge >= 0.3 is 6.03 Å². The summed E-state index contributed by atoms with van der Waals surface area (Å²) in [6.45, 7) is 8.16. The number of benzene rings is 1. The van der Waals surface area contributed by atoms with E-state index in [1.807, 2.05) is 17.9 Å². The number of nitrogens with zero attached hydrogens (tertiary/aromatic N) is 2. The maximum absolute atomic E-state index is 12.1. The van der Waals surface area contributed by atoms with E-state index in [4.69, 9.17) is 11.6 Å². The van der Waals surface area contributed by atoms with Crippen molar-refractivity contribution in [3.05, 3.63) is 33.3 Å². The van der Waals surface area contributed by atoms with Crippen LogP contribution in [0.1, 0.15) is 51.0 Å². The van der Waals surface area contributed by atoms with Crippen LogP contribution in [0, 0.1) is 11.8 Å². The van der Waals surface area contributed by atoms with Gasteiger partial charge in [-0.25, -0.2) is 4.79 Å². The Labute approximate surface area is 189 Å². The quantitative estimate of drug-likeness (QED) is 0.548. The van der Waals surface area contributed by atoms with Crippen LogP contribution in [-0.2, 0) is 6.42 Å². The molecule has 0 aromatic heterocycles. The average molecular weight is 485 g/mol. The first-order chi connectivity index (χ1) is 14.0. The number of carbonyl (C=O) groups is 1. The lowest BCUT2D eigenvalue weighted by molar-refractivity contribution is 0.152. The van der Waals surface area contributed by atoms with Gasteiger partial charge in [-0.1, -0.05) is 27.5 Å². The lowest BCUT2D eigenvalue weighted by atomic mass is 9.89. The third-order valence-electron chi connectivity index (χ3n) is 6.44. The SMILES string of the molecule is CCNC(=O)N1CCCC(CCCN2CCC(Cc3cc(Cl)ccc3Br)CC2)C1. The van der Waals surface area contributed by atoms with Gasteiger partial charge < -0.3 is 15.1 Å². The fourth-order valence-electron chi connectivity index (χ4n) is 4.78. The third kappa shape index (κ3) is 7.15.